The van der Waals surface area contributed by atoms with Gasteiger partial charge in [-0.15, -0.1) is 10.2 Å². The summed E-state index contributed by atoms with van der Waals surface area (Å²) in [5.74, 6) is 1.97. The van der Waals surface area contributed by atoms with E-state index in [1.165, 1.54) is 0 Å². The summed E-state index contributed by atoms with van der Waals surface area (Å²) in [6.07, 6.45) is 1.93. The van der Waals surface area contributed by atoms with Gasteiger partial charge in [0.2, 0.25) is 5.91 Å². The Morgan fingerprint density at radius 3 is 2.55 bits per heavy atom. The zero-order valence-electron chi connectivity index (χ0n) is 12.6. The van der Waals surface area contributed by atoms with E-state index in [2.05, 4.69) is 20.8 Å². The van der Waals surface area contributed by atoms with Crippen molar-refractivity contribution in [1.29, 1.82) is 0 Å². The third kappa shape index (κ3) is 3.33. The summed E-state index contributed by atoms with van der Waals surface area (Å²) >= 11 is 0. The summed E-state index contributed by atoms with van der Waals surface area (Å²) < 4.78 is 5.31. The average Bonchev–Trinajstić information content (AvgIpc) is 3.34. The molecule has 0 saturated heterocycles. The van der Waals surface area contributed by atoms with Gasteiger partial charge < -0.3 is 15.4 Å². The lowest BCUT2D eigenvalue weighted by Gasteiger charge is -2.11. The van der Waals surface area contributed by atoms with Crippen LogP contribution >= 0.6 is 0 Å². The maximum absolute atomic E-state index is 11.7. The van der Waals surface area contributed by atoms with Crippen LogP contribution in [0.4, 0.5) is 17.3 Å². The number of carbonyl (C=O) groups is 1. The molecule has 3 rings (SSSR count). The highest BCUT2D eigenvalue weighted by Gasteiger charge is 2.29. The quantitative estimate of drug-likeness (QED) is 0.887. The number of aryl methyl sites for hydroxylation is 1. The van der Waals surface area contributed by atoms with Crippen molar-refractivity contribution in [3.63, 3.8) is 0 Å². The second-order valence-electron chi connectivity index (χ2n) is 5.40. The second kappa shape index (κ2) is 6.01. The monoisotopic (exact) mass is 298 g/mol. The highest BCUT2D eigenvalue weighted by atomic mass is 16.5. The van der Waals surface area contributed by atoms with Crippen molar-refractivity contribution in [3.8, 4) is 5.75 Å². The van der Waals surface area contributed by atoms with Gasteiger partial charge in [0.05, 0.1) is 12.8 Å². The van der Waals surface area contributed by atoms with Crippen LogP contribution in [0, 0.1) is 12.8 Å². The first-order chi connectivity index (χ1) is 10.7. The Balaban J connectivity index is 1.70. The maximum atomic E-state index is 11.7. The molecule has 6 nitrogen and oxygen atoms in total. The van der Waals surface area contributed by atoms with Crippen molar-refractivity contribution >= 4 is 23.2 Å². The molecular formula is C16H18N4O2. The van der Waals surface area contributed by atoms with Crippen LogP contribution in [-0.4, -0.2) is 23.2 Å². The van der Waals surface area contributed by atoms with Crippen molar-refractivity contribution in [3.05, 3.63) is 35.9 Å². The summed E-state index contributed by atoms with van der Waals surface area (Å²) in [5, 5.41) is 14.0. The number of nitrogens with zero attached hydrogens (tertiary/aromatic N) is 2. The molecule has 6 heteroatoms. The molecule has 1 amide bonds. The number of hydrogen-bond donors (Lipinski definition) is 2. The van der Waals surface area contributed by atoms with E-state index in [1.807, 2.05) is 25.1 Å². The molecule has 114 valence electrons. The molecule has 1 aliphatic carbocycles. The Bertz CT molecular complexity index is 681. The fraction of sp³-hybridized carbons (Fsp3) is 0.312. The van der Waals surface area contributed by atoms with Crippen LogP contribution in [-0.2, 0) is 4.79 Å². The molecule has 1 aliphatic rings. The van der Waals surface area contributed by atoms with Crippen LogP contribution in [0.5, 0.6) is 5.75 Å². The Kier molecular flexibility index (Phi) is 3.91. The van der Waals surface area contributed by atoms with Crippen molar-refractivity contribution in [2.45, 2.75) is 19.8 Å². The minimum Gasteiger partial charge on any atom is -0.495 e. The number of benzene rings is 1. The Morgan fingerprint density at radius 1 is 1.18 bits per heavy atom. The van der Waals surface area contributed by atoms with Gasteiger partial charge in [0, 0.05) is 5.92 Å². The fourth-order valence-corrected chi connectivity index (χ4v) is 2.10. The summed E-state index contributed by atoms with van der Waals surface area (Å²) in [5.41, 5.74) is 1.94. The third-order valence-corrected chi connectivity index (χ3v) is 3.48. The first-order valence-corrected chi connectivity index (χ1v) is 7.22. The van der Waals surface area contributed by atoms with E-state index in [-0.39, 0.29) is 11.8 Å². The number of aromatic nitrogens is 2. The largest absolute Gasteiger partial charge is 0.495 e. The lowest BCUT2D eigenvalue weighted by Crippen LogP contribution is -2.14. The van der Waals surface area contributed by atoms with Gasteiger partial charge in [-0.25, -0.2) is 0 Å². The van der Waals surface area contributed by atoms with Gasteiger partial charge in [-0.1, -0.05) is 6.07 Å². The van der Waals surface area contributed by atoms with Gasteiger partial charge in [-0.2, -0.15) is 0 Å². The number of rotatable bonds is 5. The molecule has 0 atom stereocenters. The summed E-state index contributed by atoms with van der Waals surface area (Å²) in [7, 11) is 1.62. The smallest absolute Gasteiger partial charge is 0.228 e. The molecular weight excluding hydrogens is 280 g/mol. The minimum atomic E-state index is 0.0235. The van der Waals surface area contributed by atoms with Gasteiger partial charge >= 0.3 is 0 Å². The molecule has 1 aromatic heterocycles. The Morgan fingerprint density at radius 2 is 1.91 bits per heavy atom. The molecule has 1 saturated carbocycles. The zero-order chi connectivity index (χ0) is 15.5. The molecule has 0 unspecified atom stereocenters. The molecule has 2 aromatic rings. The normalized spacial score (nSPS) is 13.5. The van der Waals surface area contributed by atoms with E-state index in [4.69, 9.17) is 4.74 Å². The first-order valence-electron chi connectivity index (χ1n) is 7.22. The number of methoxy groups -OCH3 is 1. The van der Waals surface area contributed by atoms with Crippen LogP contribution < -0.4 is 15.4 Å². The molecule has 0 bridgehead atoms. The van der Waals surface area contributed by atoms with E-state index >= 15 is 0 Å². The minimum absolute atomic E-state index is 0.0235. The molecule has 0 aliphatic heterocycles. The van der Waals surface area contributed by atoms with Crippen LogP contribution in [0.3, 0.4) is 0 Å². The molecule has 1 aromatic carbocycles. The van der Waals surface area contributed by atoms with Crippen molar-refractivity contribution in [1.82, 2.24) is 10.2 Å². The van der Waals surface area contributed by atoms with Gasteiger partial charge in [0.15, 0.2) is 11.6 Å². The van der Waals surface area contributed by atoms with Crippen molar-refractivity contribution in [2.24, 2.45) is 5.92 Å². The van der Waals surface area contributed by atoms with Gasteiger partial charge in [-0.05, 0) is 49.6 Å². The van der Waals surface area contributed by atoms with Gasteiger partial charge in [0.25, 0.3) is 0 Å². The van der Waals surface area contributed by atoms with E-state index in [0.717, 1.165) is 29.8 Å². The lowest BCUT2D eigenvalue weighted by molar-refractivity contribution is -0.117. The predicted molar refractivity (Wildman–Crippen MR) is 84.4 cm³/mol. The number of amides is 1. The predicted octanol–water partition coefficient (Wildman–Crippen LogP) is 2.89. The van der Waals surface area contributed by atoms with Crippen molar-refractivity contribution < 1.29 is 9.53 Å². The molecule has 1 heterocycles. The number of hydrogen-bond acceptors (Lipinski definition) is 5. The first kappa shape index (κ1) is 14.3. The Hall–Kier alpha value is -2.63. The van der Waals surface area contributed by atoms with E-state index in [9.17, 15) is 4.79 Å². The number of ether oxygens (including phenoxy) is 1. The summed E-state index contributed by atoms with van der Waals surface area (Å²) in [6, 6.07) is 9.36. The molecule has 22 heavy (non-hydrogen) atoms. The van der Waals surface area contributed by atoms with Crippen LogP contribution in [0.25, 0.3) is 0 Å². The molecule has 0 radical (unpaired) electrons. The average molecular weight is 298 g/mol. The Labute approximate surface area is 128 Å². The van der Waals surface area contributed by atoms with Crippen LogP contribution in [0.1, 0.15) is 18.4 Å². The zero-order valence-corrected chi connectivity index (χ0v) is 12.6. The molecule has 0 spiro atoms. The SMILES string of the molecule is COc1ccc(C)cc1Nc1ccc(NC(=O)C2CC2)nn1. The van der Waals surface area contributed by atoms with Gasteiger partial charge in [0.1, 0.15) is 5.75 Å². The highest BCUT2D eigenvalue weighted by Crippen LogP contribution is 2.30. The number of carbonyl (C=O) groups excluding carboxylic acids is 1. The van der Waals surface area contributed by atoms with Gasteiger partial charge in [-0.3, -0.25) is 4.79 Å². The highest BCUT2D eigenvalue weighted by molar-refractivity contribution is 5.93. The van der Waals surface area contributed by atoms with E-state index < -0.39 is 0 Å². The van der Waals surface area contributed by atoms with Crippen LogP contribution in [0.15, 0.2) is 30.3 Å². The summed E-state index contributed by atoms with van der Waals surface area (Å²) in [4.78, 5) is 11.7. The topological polar surface area (TPSA) is 76.1 Å². The molecule has 2 N–H and O–H groups in total. The molecule has 1 fully saturated rings. The maximum Gasteiger partial charge on any atom is 0.228 e. The van der Waals surface area contributed by atoms with E-state index in [1.54, 1.807) is 19.2 Å². The lowest BCUT2D eigenvalue weighted by atomic mass is 10.2. The van der Waals surface area contributed by atoms with Crippen LogP contribution in [0.2, 0.25) is 0 Å². The van der Waals surface area contributed by atoms with Crippen molar-refractivity contribution in [2.75, 3.05) is 17.7 Å². The second-order valence-corrected chi connectivity index (χ2v) is 5.40. The standard InChI is InChI=1S/C16H18N4O2/c1-10-3-6-13(22-2)12(9-10)17-14-7-8-15(20-19-14)18-16(21)11-4-5-11/h3,6-9,11H,4-5H2,1-2H3,(H,17,19)(H,18,20,21). The summed E-state index contributed by atoms with van der Waals surface area (Å²) in [6.45, 7) is 2.01. The number of nitrogens with one attached hydrogen (secondary N) is 2. The number of anilines is 3. The fourth-order valence-electron chi connectivity index (χ4n) is 2.10. The van der Waals surface area contributed by atoms with E-state index in [0.29, 0.717) is 11.6 Å². The third-order valence-electron chi connectivity index (χ3n) is 3.48.